The maximum atomic E-state index is 12.0. The van der Waals surface area contributed by atoms with Crippen LogP contribution in [0.4, 0.5) is 0 Å². The molecule has 0 N–H and O–H groups in total. The molecule has 0 aromatic carbocycles. The predicted molar refractivity (Wildman–Crippen MR) is 76.9 cm³/mol. The lowest BCUT2D eigenvalue weighted by atomic mass is 9.85. The highest BCUT2D eigenvalue weighted by atomic mass is 79.9. The van der Waals surface area contributed by atoms with Crippen LogP contribution in [0.5, 0.6) is 0 Å². The molecular weight excluding hydrogens is 296 g/mol. The molecule has 0 atom stereocenters. The first-order chi connectivity index (χ1) is 8.16. The van der Waals surface area contributed by atoms with E-state index in [1.54, 1.807) is 11.3 Å². The summed E-state index contributed by atoms with van der Waals surface area (Å²) >= 11 is 5.05. The fourth-order valence-electron chi connectivity index (χ4n) is 2.53. The zero-order chi connectivity index (χ0) is 12.3. The smallest absolute Gasteiger partial charge is 0.172 e. The zero-order valence-electron chi connectivity index (χ0n) is 10.3. The highest BCUT2D eigenvalue weighted by Crippen LogP contribution is 2.31. The van der Waals surface area contributed by atoms with E-state index in [1.165, 1.54) is 37.7 Å². The van der Waals surface area contributed by atoms with E-state index in [-0.39, 0.29) is 0 Å². The number of carbonyl (C=O) groups excluding carboxylic acids is 1. The summed E-state index contributed by atoms with van der Waals surface area (Å²) in [5.74, 6) is 1.13. The molecule has 0 unspecified atom stereocenters. The van der Waals surface area contributed by atoms with Gasteiger partial charge >= 0.3 is 0 Å². The molecule has 2 rings (SSSR count). The maximum absolute atomic E-state index is 12.0. The van der Waals surface area contributed by atoms with E-state index in [9.17, 15) is 4.79 Å². The maximum Gasteiger partial charge on any atom is 0.172 e. The van der Waals surface area contributed by atoms with Crippen LogP contribution in [0, 0.1) is 12.8 Å². The van der Waals surface area contributed by atoms with E-state index in [0.717, 1.165) is 27.4 Å². The fraction of sp³-hybridized carbons (Fsp3) is 0.643. The second kappa shape index (κ2) is 6.14. The van der Waals surface area contributed by atoms with Crippen LogP contribution >= 0.6 is 27.3 Å². The van der Waals surface area contributed by atoms with Crippen LogP contribution in [0.3, 0.4) is 0 Å². The molecule has 17 heavy (non-hydrogen) atoms. The van der Waals surface area contributed by atoms with Gasteiger partial charge in [-0.3, -0.25) is 4.79 Å². The molecule has 1 heterocycles. The monoisotopic (exact) mass is 314 g/mol. The van der Waals surface area contributed by atoms with E-state index in [0.29, 0.717) is 5.78 Å². The molecule has 0 aliphatic heterocycles. The topological polar surface area (TPSA) is 17.1 Å². The van der Waals surface area contributed by atoms with E-state index in [2.05, 4.69) is 15.9 Å². The second-order valence-corrected chi connectivity index (χ2v) is 7.40. The highest BCUT2D eigenvalue weighted by molar-refractivity contribution is 9.11. The van der Waals surface area contributed by atoms with E-state index >= 15 is 0 Å². The van der Waals surface area contributed by atoms with Gasteiger partial charge in [-0.15, -0.1) is 11.3 Å². The SMILES string of the molecule is Cc1cc(C(=O)CCC2CCCCC2)sc1Br. The molecule has 0 spiro atoms. The van der Waals surface area contributed by atoms with Crippen molar-refractivity contribution in [1.29, 1.82) is 0 Å². The number of rotatable bonds is 4. The Kier molecular flexibility index (Phi) is 4.80. The first-order valence-electron chi connectivity index (χ1n) is 6.46. The molecular formula is C14H19BrOS. The van der Waals surface area contributed by atoms with Gasteiger partial charge in [0.15, 0.2) is 5.78 Å². The number of carbonyl (C=O) groups is 1. The lowest BCUT2D eigenvalue weighted by molar-refractivity contribution is 0.0974. The summed E-state index contributed by atoms with van der Waals surface area (Å²) in [5.41, 5.74) is 1.18. The third kappa shape index (κ3) is 3.65. The Labute approximate surface area is 116 Å². The van der Waals surface area contributed by atoms with Crippen molar-refractivity contribution in [2.75, 3.05) is 0 Å². The standard InChI is InChI=1S/C14H19BrOS/c1-10-9-13(17-14(10)15)12(16)8-7-11-5-3-2-4-6-11/h9,11H,2-8H2,1H3. The van der Waals surface area contributed by atoms with Gasteiger partial charge in [-0.25, -0.2) is 0 Å². The fourth-order valence-corrected chi connectivity index (χ4v) is 4.03. The van der Waals surface area contributed by atoms with Crippen molar-refractivity contribution < 1.29 is 4.79 Å². The van der Waals surface area contributed by atoms with Crippen LogP contribution in [0.2, 0.25) is 0 Å². The number of hydrogen-bond acceptors (Lipinski definition) is 2. The Bertz CT molecular complexity index is 371. The molecule has 1 saturated carbocycles. The Morgan fingerprint density at radius 3 is 2.71 bits per heavy atom. The molecule has 3 heteroatoms. The molecule has 0 bridgehead atoms. The van der Waals surface area contributed by atoms with Crippen molar-refractivity contribution in [3.05, 3.63) is 20.3 Å². The third-order valence-electron chi connectivity index (χ3n) is 3.64. The summed E-state index contributed by atoms with van der Waals surface area (Å²) in [6.45, 7) is 2.04. The molecule has 1 aliphatic carbocycles. The lowest BCUT2D eigenvalue weighted by Gasteiger charge is -2.20. The predicted octanol–water partition coefficient (Wildman–Crippen LogP) is 5.36. The van der Waals surface area contributed by atoms with Crippen molar-refractivity contribution in [1.82, 2.24) is 0 Å². The second-order valence-electron chi connectivity index (χ2n) is 5.03. The van der Waals surface area contributed by atoms with Gasteiger partial charge in [0.1, 0.15) is 0 Å². The molecule has 0 amide bonds. The summed E-state index contributed by atoms with van der Waals surface area (Å²) in [6, 6.07) is 2.01. The molecule has 0 radical (unpaired) electrons. The highest BCUT2D eigenvalue weighted by Gasteiger charge is 2.16. The summed E-state index contributed by atoms with van der Waals surface area (Å²) < 4.78 is 1.10. The number of ketones is 1. The lowest BCUT2D eigenvalue weighted by Crippen LogP contribution is -2.08. The quantitative estimate of drug-likeness (QED) is 0.683. The first kappa shape index (κ1) is 13.3. The Morgan fingerprint density at radius 1 is 1.41 bits per heavy atom. The van der Waals surface area contributed by atoms with Crippen LogP contribution in [-0.2, 0) is 0 Å². The van der Waals surface area contributed by atoms with Crippen molar-refractivity contribution in [2.24, 2.45) is 5.92 Å². The van der Waals surface area contributed by atoms with Gasteiger partial charge in [0, 0.05) is 6.42 Å². The summed E-state index contributed by atoms with van der Waals surface area (Å²) in [7, 11) is 0. The normalized spacial score (nSPS) is 17.3. The van der Waals surface area contributed by atoms with E-state index in [1.807, 2.05) is 13.0 Å². The van der Waals surface area contributed by atoms with Gasteiger partial charge in [0.05, 0.1) is 8.66 Å². The summed E-state index contributed by atoms with van der Waals surface area (Å²) in [4.78, 5) is 13.0. The molecule has 0 saturated heterocycles. The molecule has 1 aliphatic rings. The Hall–Kier alpha value is -0.150. The molecule has 1 aromatic heterocycles. The number of aryl methyl sites for hydroxylation is 1. The minimum atomic E-state index is 0.328. The third-order valence-corrected chi connectivity index (χ3v) is 5.81. The van der Waals surface area contributed by atoms with Gasteiger partial charge < -0.3 is 0 Å². The largest absolute Gasteiger partial charge is 0.293 e. The van der Waals surface area contributed by atoms with Crippen molar-refractivity contribution in [2.45, 2.75) is 51.9 Å². The van der Waals surface area contributed by atoms with Gasteiger partial charge in [0.25, 0.3) is 0 Å². The molecule has 1 nitrogen and oxygen atoms in total. The van der Waals surface area contributed by atoms with Crippen LogP contribution < -0.4 is 0 Å². The summed E-state index contributed by atoms with van der Waals surface area (Å²) in [6.07, 6.45) is 8.61. The summed E-state index contributed by atoms with van der Waals surface area (Å²) in [5, 5.41) is 0. The van der Waals surface area contributed by atoms with Gasteiger partial charge in [-0.05, 0) is 46.8 Å². The number of thiophene rings is 1. The number of halogens is 1. The van der Waals surface area contributed by atoms with Crippen LogP contribution in [0.15, 0.2) is 9.85 Å². The minimum absolute atomic E-state index is 0.328. The number of hydrogen-bond donors (Lipinski definition) is 0. The van der Waals surface area contributed by atoms with Gasteiger partial charge in [-0.1, -0.05) is 32.1 Å². The molecule has 1 fully saturated rings. The van der Waals surface area contributed by atoms with Crippen molar-refractivity contribution in [3.8, 4) is 0 Å². The Morgan fingerprint density at radius 2 is 2.12 bits per heavy atom. The molecule has 1 aromatic rings. The van der Waals surface area contributed by atoms with Crippen molar-refractivity contribution in [3.63, 3.8) is 0 Å². The van der Waals surface area contributed by atoms with Gasteiger partial charge in [0.2, 0.25) is 0 Å². The molecule has 94 valence electrons. The minimum Gasteiger partial charge on any atom is -0.293 e. The number of Topliss-reactive ketones (excluding diaryl/α,β-unsaturated/α-hetero) is 1. The van der Waals surface area contributed by atoms with E-state index < -0.39 is 0 Å². The Balaban J connectivity index is 1.84. The van der Waals surface area contributed by atoms with Gasteiger partial charge in [-0.2, -0.15) is 0 Å². The van der Waals surface area contributed by atoms with Crippen LogP contribution in [0.25, 0.3) is 0 Å². The van der Waals surface area contributed by atoms with E-state index in [4.69, 9.17) is 0 Å². The first-order valence-corrected chi connectivity index (χ1v) is 8.07. The average Bonchev–Trinajstić information content (AvgIpc) is 2.68. The van der Waals surface area contributed by atoms with Crippen LogP contribution in [-0.4, -0.2) is 5.78 Å². The van der Waals surface area contributed by atoms with Crippen LogP contribution in [0.1, 0.15) is 60.2 Å². The van der Waals surface area contributed by atoms with Crippen molar-refractivity contribution >= 4 is 33.0 Å². The average molecular weight is 315 g/mol. The zero-order valence-corrected chi connectivity index (χ0v) is 12.7.